The van der Waals surface area contributed by atoms with Crippen LogP contribution in [0, 0.1) is 0 Å². The average Bonchev–Trinajstić information content (AvgIpc) is 2.02. The summed E-state index contributed by atoms with van der Waals surface area (Å²) in [5.74, 6) is 0. The molecule has 0 aromatic carbocycles. The van der Waals surface area contributed by atoms with E-state index in [2.05, 4.69) is 25.4 Å². The van der Waals surface area contributed by atoms with Crippen molar-refractivity contribution in [2.45, 2.75) is 32.6 Å². The second-order valence-electron chi connectivity index (χ2n) is 3.28. The van der Waals surface area contributed by atoms with E-state index in [0.29, 0.717) is 0 Å². The van der Waals surface area contributed by atoms with Crippen molar-refractivity contribution in [1.82, 2.24) is 5.32 Å². The Labute approximate surface area is 76.6 Å². The third kappa shape index (κ3) is 6.17. The molecule has 0 aliphatic rings. The van der Waals surface area contributed by atoms with Gasteiger partial charge in [-0.25, -0.2) is 0 Å². The third-order valence-electron chi connectivity index (χ3n) is 1.86. The van der Waals surface area contributed by atoms with Gasteiger partial charge in [0.05, 0.1) is 0 Å². The highest BCUT2D eigenvalue weighted by Crippen LogP contribution is 2.12. The average molecular weight is 167 g/mol. The first kappa shape index (κ1) is 11.4. The van der Waals surface area contributed by atoms with Gasteiger partial charge in [-0.3, -0.25) is 0 Å². The van der Waals surface area contributed by atoms with E-state index in [9.17, 15) is 0 Å². The Balaban J connectivity index is 3.40. The van der Waals surface area contributed by atoms with Gasteiger partial charge in [-0.2, -0.15) is 0 Å². The van der Waals surface area contributed by atoms with E-state index >= 15 is 0 Å². The van der Waals surface area contributed by atoms with Gasteiger partial charge in [-0.1, -0.05) is 37.6 Å². The topological polar surface area (TPSA) is 12.0 Å². The number of hydrogen-bond donors (Lipinski definition) is 1. The van der Waals surface area contributed by atoms with Crippen molar-refractivity contribution in [2.24, 2.45) is 0 Å². The Morgan fingerprint density at radius 2 is 1.67 bits per heavy atom. The van der Waals surface area contributed by atoms with Gasteiger partial charge in [0.1, 0.15) is 0 Å². The molecule has 70 valence electrons. The number of hydrogen-bond acceptors (Lipinski definition) is 1. The molecule has 12 heavy (non-hydrogen) atoms. The summed E-state index contributed by atoms with van der Waals surface area (Å²) in [5.41, 5.74) is 2.63. The second-order valence-corrected chi connectivity index (χ2v) is 3.28. The van der Waals surface area contributed by atoms with Crippen molar-refractivity contribution in [1.29, 1.82) is 0 Å². The Morgan fingerprint density at radius 1 is 1.08 bits per heavy atom. The van der Waals surface area contributed by atoms with Gasteiger partial charge in [-0.15, -0.1) is 0 Å². The van der Waals surface area contributed by atoms with Gasteiger partial charge in [0.25, 0.3) is 0 Å². The fraction of sp³-hybridized carbons (Fsp3) is 0.636. The maximum atomic E-state index is 4.01. The third-order valence-corrected chi connectivity index (χ3v) is 1.86. The van der Waals surface area contributed by atoms with E-state index in [-0.39, 0.29) is 0 Å². The zero-order chi connectivity index (χ0) is 9.40. The predicted octanol–water partition coefficient (Wildman–Crippen LogP) is 2.90. The van der Waals surface area contributed by atoms with Crippen LogP contribution in [-0.2, 0) is 0 Å². The molecule has 0 spiro atoms. The number of allylic oxidation sites excluding steroid dienone is 1. The summed E-state index contributed by atoms with van der Waals surface area (Å²) in [6.07, 6.45) is 4.55. The lowest BCUT2D eigenvalue weighted by Gasteiger charge is -2.06. The van der Waals surface area contributed by atoms with Gasteiger partial charge in [-0.05, 0) is 26.3 Å². The highest BCUT2D eigenvalue weighted by atomic mass is 14.8. The van der Waals surface area contributed by atoms with E-state index in [1.165, 1.54) is 17.6 Å². The van der Waals surface area contributed by atoms with Crippen LogP contribution < -0.4 is 5.32 Å². The molecule has 0 aliphatic carbocycles. The van der Waals surface area contributed by atoms with Crippen molar-refractivity contribution < 1.29 is 0 Å². The van der Waals surface area contributed by atoms with Crippen molar-refractivity contribution >= 4 is 0 Å². The molecule has 0 aliphatic heterocycles. The highest BCUT2D eigenvalue weighted by Gasteiger charge is 1.95. The maximum Gasteiger partial charge on any atom is 0.0159 e. The molecule has 0 heterocycles. The van der Waals surface area contributed by atoms with Crippen LogP contribution >= 0.6 is 0 Å². The SMILES string of the molecule is C=C(CCC)CCC(=C)CNC. The van der Waals surface area contributed by atoms with E-state index in [0.717, 1.165) is 25.8 Å². The first-order valence-corrected chi connectivity index (χ1v) is 4.68. The van der Waals surface area contributed by atoms with Crippen molar-refractivity contribution in [2.75, 3.05) is 13.6 Å². The molecule has 0 aromatic heterocycles. The molecule has 0 fully saturated rings. The summed E-state index contributed by atoms with van der Waals surface area (Å²) >= 11 is 0. The monoisotopic (exact) mass is 167 g/mol. The van der Waals surface area contributed by atoms with Crippen molar-refractivity contribution in [3.05, 3.63) is 24.3 Å². The molecular formula is C11H21N. The fourth-order valence-electron chi connectivity index (χ4n) is 1.17. The molecule has 0 saturated carbocycles. The van der Waals surface area contributed by atoms with Gasteiger partial charge in [0.15, 0.2) is 0 Å². The van der Waals surface area contributed by atoms with Crippen LogP contribution in [0.3, 0.4) is 0 Å². The van der Waals surface area contributed by atoms with Crippen LogP contribution in [0.1, 0.15) is 32.6 Å². The van der Waals surface area contributed by atoms with Crippen LogP contribution in [0.5, 0.6) is 0 Å². The summed E-state index contributed by atoms with van der Waals surface area (Å²) in [4.78, 5) is 0. The zero-order valence-electron chi connectivity index (χ0n) is 8.45. The lowest BCUT2D eigenvalue weighted by Crippen LogP contribution is -2.09. The molecule has 0 aromatic rings. The minimum atomic E-state index is 0.930. The van der Waals surface area contributed by atoms with Crippen molar-refractivity contribution in [3.63, 3.8) is 0 Å². The Kier molecular flexibility index (Phi) is 6.78. The maximum absolute atomic E-state index is 4.01. The smallest absolute Gasteiger partial charge is 0.0159 e. The summed E-state index contributed by atoms with van der Waals surface area (Å²) in [5, 5.41) is 3.09. The Hall–Kier alpha value is -0.560. The van der Waals surface area contributed by atoms with Crippen molar-refractivity contribution in [3.8, 4) is 0 Å². The minimum Gasteiger partial charge on any atom is -0.316 e. The Bertz CT molecular complexity index is 129. The van der Waals surface area contributed by atoms with E-state index in [1.807, 2.05) is 7.05 Å². The minimum absolute atomic E-state index is 0.930. The number of nitrogens with one attached hydrogen (secondary N) is 1. The standard InChI is InChI=1S/C11H21N/c1-5-6-10(2)7-8-11(3)9-12-4/h12H,2-3,5-9H2,1,4H3. The van der Waals surface area contributed by atoms with Crippen LogP contribution in [0.25, 0.3) is 0 Å². The summed E-state index contributed by atoms with van der Waals surface area (Å²) in [7, 11) is 1.95. The lowest BCUT2D eigenvalue weighted by molar-refractivity contribution is 0.779. The van der Waals surface area contributed by atoms with E-state index in [4.69, 9.17) is 0 Å². The Morgan fingerprint density at radius 3 is 2.17 bits per heavy atom. The van der Waals surface area contributed by atoms with Crippen LogP contribution in [0.15, 0.2) is 24.3 Å². The van der Waals surface area contributed by atoms with E-state index in [1.54, 1.807) is 0 Å². The molecule has 1 N–H and O–H groups in total. The van der Waals surface area contributed by atoms with E-state index < -0.39 is 0 Å². The number of rotatable bonds is 7. The molecule has 0 bridgehead atoms. The summed E-state index contributed by atoms with van der Waals surface area (Å²) < 4.78 is 0. The van der Waals surface area contributed by atoms with Gasteiger partial charge >= 0.3 is 0 Å². The molecular weight excluding hydrogens is 146 g/mol. The van der Waals surface area contributed by atoms with Gasteiger partial charge in [0, 0.05) is 6.54 Å². The number of likely N-dealkylation sites (N-methyl/N-ethyl adjacent to an activating group) is 1. The molecule has 0 atom stereocenters. The first-order valence-electron chi connectivity index (χ1n) is 4.68. The van der Waals surface area contributed by atoms with Crippen LogP contribution in [-0.4, -0.2) is 13.6 Å². The quantitative estimate of drug-likeness (QED) is 0.575. The molecule has 1 nitrogen and oxygen atoms in total. The summed E-state index contributed by atoms with van der Waals surface area (Å²) in [6.45, 7) is 11.1. The fourth-order valence-corrected chi connectivity index (χ4v) is 1.17. The molecule has 0 saturated heterocycles. The normalized spacial score (nSPS) is 9.83. The lowest BCUT2D eigenvalue weighted by atomic mass is 10.0. The zero-order valence-corrected chi connectivity index (χ0v) is 8.45. The molecule has 0 unspecified atom stereocenters. The predicted molar refractivity (Wildman–Crippen MR) is 56.3 cm³/mol. The first-order chi connectivity index (χ1) is 5.70. The molecule has 1 heteroatoms. The molecule has 0 amide bonds. The summed E-state index contributed by atoms with van der Waals surface area (Å²) in [6, 6.07) is 0. The highest BCUT2D eigenvalue weighted by molar-refractivity contribution is 5.03. The van der Waals surface area contributed by atoms with Crippen LogP contribution in [0.2, 0.25) is 0 Å². The molecule has 0 radical (unpaired) electrons. The van der Waals surface area contributed by atoms with Crippen LogP contribution in [0.4, 0.5) is 0 Å². The molecule has 0 rings (SSSR count). The second kappa shape index (κ2) is 7.11. The largest absolute Gasteiger partial charge is 0.316 e. The van der Waals surface area contributed by atoms with Gasteiger partial charge in [0.2, 0.25) is 0 Å². The van der Waals surface area contributed by atoms with Gasteiger partial charge < -0.3 is 5.32 Å².